The molecule has 0 spiro atoms. The zero-order valence-corrected chi connectivity index (χ0v) is 11.7. The average Bonchev–Trinajstić information content (AvgIpc) is 2.88. The summed E-state index contributed by atoms with van der Waals surface area (Å²) < 4.78 is 0. The Balaban J connectivity index is 0.00000120. The molecule has 0 aliphatic carbocycles. The summed E-state index contributed by atoms with van der Waals surface area (Å²) in [5.41, 5.74) is 0.632. The first-order chi connectivity index (χ1) is 8.15. The topological polar surface area (TPSA) is 65.5 Å². The molecule has 2 atom stereocenters. The summed E-state index contributed by atoms with van der Waals surface area (Å²) >= 11 is 1.30. The number of hydrogen-bond donors (Lipinski definition) is 2. The largest absolute Gasteiger partial charge is 0.477 e. The van der Waals surface area contributed by atoms with Gasteiger partial charge in [-0.3, -0.25) is 0 Å². The highest BCUT2D eigenvalue weighted by molar-refractivity contribution is 7.17. The van der Waals surface area contributed by atoms with E-state index in [2.05, 4.69) is 15.2 Å². The van der Waals surface area contributed by atoms with Crippen molar-refractivity contribution < 1.29 is 9.90 Å². The molecule has 3 heterocycles. The van der Waals surface area contributed by atoms with Gasteiger partial charge in [-0.1, -0.05) is 11.3 Å². The fourth-order valence-electron chi connectivity index (χ4n) is 2.73. The first-order valence-corrected chi connectivity index (χ1v) is 6.63. The third-order valence-electron chi connectivity index (χ3n) is 3.64. The minimum absolute atomic E-state index is 0. The number of nitrogens with zero attached hydrogens (tertiary/aromatic N) is 2. The molecule has 1 aromatic rings. The number of aryl methyl sites for hydroxylation is 1. The van der Waals surface area contributed by atoms with Crippen molar-refractivity contribution in [3.8, 4) is 0 Å². The molecule has 2 aliphatic rings. The van der Waals surface area contributed by atoms with E-state index in [1.807, 2.05) is 0 Å². The molecule has 18 heavy (non-hydrogen) atoms. The highest BCUT2D eigenvalue weighted by atomic mass is 35.5. The van der Waals surface area contributed by atoms with Crippen LogP contribution in [0.2, 0.25) is 0 Å². The fourth-order valence-corrected chi connectivity index (χ4v) is 3.65. The molecule has 5 nitrogen and oxygen atoms in total. The van der Waals surface area contributed by atoms with Crippen molar-refractivity contribution in [2.45, 2.75) is 6.92 Å². The highest BCUT2D eigenvalue weighted by Gasteiger charge is 2.37. The highest BCUT2D eigenvalue weighted by Crippen LogP contribution is 2.33. The van der Waals surface area contributed by atoms with E-state index in [9.17, 15) is 4.79 Å². The number of carbonyl (C=O) groups is 1. The summed E-state index contributed by atoms with van der Waals surface area (Å²) in [5, 5.41) is 13.3. The van der Waals surface area contributed by atoms with Crippen LogP contribution in [0, 0.1) is 18.8 Å². The predicted molar refractivity (Wildman–Crippen MR) is 73.1 cm³/mol. The molecule has 2 fully saturated rings. The lowest BCUT2D eigenvalue weighted by molar-refractivity contribution is 0.0701. The van der Waals surface area contributed by atoms with E-state index in [0.717, 1.165) is 31.3 Å². The molecule has 0 radical (unpaired) electrons. The second-order valence-electron chi connectivity index (χ2n) is 4.80. The molecule has 2 unspecified atom stereocenters. The molecule has 2 aliphatic heterocycles. The number of rotatable bonds is 2. The lowest BCUT2D eigenvalue weighted by Crippen LogP contribution is -2.25. The summed E-state index contributed by atoms with van der Waals surface area (Å²) in [6.07, 6.45) is 0. The zero-order chi connectivity index (χ0) is 12.0. The SMILES string of the molecule is Cc1nc(N2CC3CNCC3C2)sc1C(=O)O.Cl. The van der Waals surface area contributed by atoms with E-state index in [1.165, 1.54) is 11.3 Å². The summed E-state index contributed by atoms with van der Waals surface area (Å²) in [6, 6.07) is 0. The van der Waals surface area contributed by atoms with Crippen LogP contribution < -0.4 is 10.2 Å². The third-order valence-corrected chi connectivity index (χ3v) is 4.85. The second-order valence-corrected chi connectivity index (χ2v) is 5.78. The van der Waals surface area contributed by atoms with Gasteiger partial charge in [-0.2, -0.15) is 0 Å². The maximum absolute atomic E-state index is 11.0. The normalized spacial score (nSPS) is 25.9. The van der Waals surface area contributed by atoms with Gasteiger partial charge in [0.05, 0.1) is 5.69 Å². The van der Waals surface area contributed by atoms with E-state index >= 15 is 0 Å². The van der Waals surface area contributed by atoms with E-state index in [1.54, 1.807) is 6.92 Å². The number of carboxylic acids is 1. The van der Waals surface area contributed by atoms with Gasteiger partial charge < -0.3 is 15.3 Å². The van der Waals surface area contributed by atoms with Crippen LogP contribution in [0.1, 0.15) is 15.4 Å². The van der Waals surface area contributed by atoms with Crippen LogP contribution in [-0.4, -0.2) is 42.2 Å². The summed E-state index contributed by atoms with van der Waals surface area (Å²) in [7, 11) is 0. The number of aromatic nitrogens is 1. The predicted octanol–water partition coefficient (Wildman–Crippen LogP) is 1.23. The number of halogens is 1. The molecule has 1 aromatic heterocycles. The Labute approximate surface area is 116 Å². The number of hydrogen-bond acceptors (Lipinski definition) is 5. The standard InChI is InChI=1S/C11H15N3O2S.ClH/c1-6-9(10(15)16)17-11(13-6)14-4-7-2-12-3-8(7)5-14;/h7-8,12H,2-5H2,1H3,(H,15,16);1H. The van der Waals surface area contributed by atoms with Gasteiger partial charge in [-0.15, -0.1) is 12.4 Å². The van der Waals surface area contributed by atoms with Gasteiger partial charge in [-0.25, -0.2) is 9.78 Å². The van der Waals surface area contributed by atoms with Gasteiger partial charge >= 0.3 is 5.97 Å². The maximum Gasteiger partial charge on any atom is 0.347 e. The molecule has 0 amide bonds. The lowest BCUT2D eigenvalue weighted by Gasteiger charge is -2.15. The lowest BCUT2D eigenvalue weighted by atomic mass is 10.0. The van der Waals surface area contributed by atoms with E-state index in [-0.39, 0.29) is 12.4 Å². The van der Waals surface area contributed by atoms with E-state index < -0.39 is 5.97 Å². The molecular formula is C11H16ClN3O2S. The molecule has 100 valence electrons. The Kier molecular flexibility index (Phi) is 3.79. The fraction of sp³-hybridized carbons (Fsp3) is 0.636. The molecule has 2 saturated heterocycles. The second kappa shape index (κ2) is 5.03. The van der Waals surface area contributed by atoms with Crippen LogP contribution in [0.25, 0.3) is 0 Å². The maximum atomic E-state index is 11.0. The van der Waals surface area contributed by atoms with Crippen molar-refractivity contribution in [3.05, 3.63) is 10.6 Å². The van der Waals surface area contributed by atoms with E-state index in [0.29, 0.717) is 22.4 Å². The average molecular weight is 290 g/mol. The van der Waals surface area contributed by atoms with Gasteiger partial charge in [0, 0.05) is 26.2 Å². The summed E-state index contributed by atoms with van der Waals surface area (Å²) in [5.74, 6) is 0.535. The molecule has 0 bridgehead atoms. The molecule has 7 heteroatoms. The van der Waals surface area contributed by atoms with Crippen LogP contribution in [0.3, 0.4) is 0 Å². The van der Waals surface area contributed by atoms with Crippen LogP contribution in [-0.2, 0) is 0 Å². The Morgan fingerprint density at radius 2 is 2.06 bits per heavy atom. The Morgan fingerprint density at radius 3 is 2.56 bits per heavy atom. The van der Waals surface area contributed by atoms with Gasteiger partial charge in [0.15, 0.2) is 5.13 Å². The molecular weight excluding hydrogens is 274 g/mol. The minimum atomic E-state index is -0.868. The monoisotopic (exact) mass is 289 g/mol. The first kappa shape index (κ1) is 13.6. The van der Waals surface area contributed by atoms with Crippen LogP contribution in [0.15, 0.2) is 0 Å². The number of carboxylic acid groups (broad SMARTS) is 1. The number of thiazole rings is 1. The number of aromatic carboxylic acids is 1. The van der Waals surface area contributed by atoms with Crippen molar-refractivity contribution in [2.75, 3.05) is 31.1 Å². The van der Waals surface area contributed by atoms with Gasteiger partial charge in [0.1, 0.15) is 4.88 Å². The van der Waals surface area contributed by atoms with Crippen molar-refractivity contribution >= 4 is 34.8 Å². The molecule has 0 saturated carbocycles. The van der Waals surface area contributed by atoms with Crippen molar-refractivity contribution in [3.63, 3.8) is 0 Å². The Morgan fingerprint density at radius 1 is 1.44 bits per heavy atom. The summed E-state index contributed by atoms with van der Waals surface area (Å²) in [6.45, 7) is 5.93. The quantitative estimate of drug-likeness (QED) is 0.857. The third kappa shape index (κ3) is 2.20. The van der Waals surface area contributed by atoms with Gasteiger partial charge in [0.2, 0.25) is 0 Å². The molecule has 3 rings (SSSR count). The van der Waals surface area contributed by atoms with Crippen molar-refractivity contribution in [1.82, 2.24) is 10.3 Å². The smallest absolute Gasteiger partial charge is 0.347 e. The Bertz CT molecular complexity index is 453. The van der Waals surface area contributed by atoms with Gasteiger partial charge in [0.25, 0.3) is 0 Å². The zero-order valence-electron chi connectivity index (χ0n) is 10.0. The van der Waals surface area contributed by atoms with Crippen molar-refractivity contribution in [1.29, 1.82) is 0 Å². The Hall–Kier alpha value is -0.850. The minimum Gasteiger partial charge on any atom is -0.477 e. The van der Waals surface area contributed by atoms with Crippen LogP contribution in [0.4, 0.5) is 5.13 Å². The number of anilines is 1. The van der Waals surface area contributed by atoms with Crippen LogP contribution >= 0.6 is 23.7 Å². The molecule has 0 aromatic carbocycles. The van der Waals surface area contributed by atoms with Crippen LogP contribution in [0.5, 0.6) is 0 Å². The first-order valence-electron chi connectivity index (χ1n) is 5.81. The van der Waals surface area contributed by atoms with E-state index in [4.69, 9.17) is 5.11 Å². The van der Waals surface area contributed by atoms with Gasteiger partial charge in [-0.05, 0) is 18.8 Å². The summed E-state index contributed by atoms with van der Waals surface area (Å²) in [4.78, 5) is 18.0. The number of nitrogens with one attached hydrogen (secondary N) is 1. The van der Waals surface area contributed by atoms with Crippen molar-refractivity contribution in [2.24, 2.45) is 11.8 Å². The molecule has 2 N–H and O–H groups in total. The number of fused-ring (bicyclic) bond motifs is 1.